The zero-order chi connectivity index (χ0) is 23.3. The Morgan fingerprint density at radius 3 is 2.16 bits per heavy atom. The highest BCUT2D eigenvalue weighted by molar-refractivity contribution is 7.60. The van der Waals surface area contributed by atoms with Gasteiger partial charge in [0.15, 0.2) is 5.75 Å². The molecule has 0 saturated heterocycles. The molecule has 0 radical (unpaired) electrons. The maximum Gasteiger partial charge on any atom is 0.326 e. The van der Waals surface area contributed by atoms with Crippen molar-refractivity contribution < 1.29 is 27.5 Å². The SMILES string of the molecule is CCC(C)P(=O)(CC)Oc1c(Cl)cc(NC(=O)NC(=O)c2c(F)cccc2F)cc1Cl. The number of hydrogen-bond acceptors (Lipinski definition) is 4. The van der Waals surface area contributed by atoms with Crippen LogP contribution in [0.1, 0.15) is 37.6 Å². The summed E-state index contributed by atoms with van der Waals surface area (Å²) in [5.74, 6) is -3.47. The van der Waals surface area contributed by atoms with E-state index in [0.717, 1.165) is 18.2 Å². The summed E-state index contributed by atoms with van der Waals surface area (Å²) in [6.07, 6.45) is 0.919. The fourth-order valence-corrected chi connectivity index (χ4v) is 5.33. The molecular formula is C20H21Cl2F2N2O4P. The number of carbonyl (C=O) groups excluding carboxylic acids is 2. The molecule has 2 aromatic rings. The number of benzene rings is 2. The molecule has 0 saturated carbocycles. The summed E-state index contributed by atoms with van der Waals surface area (Å²) in [5, 5.41) is 4.09. The van der Waals surface area contributed by atoms with Crippen LogP contribution in [0, 0.1) is 11.6 Å². The molecule has 31 heavy (non-hydrogen) atoms. The van der Waals surface area contributed by atoms with Crippen molar-refractivity contribution in [2.75, 3.05) is 11.5 Å². The molecular weight excluding hydrogens is 472 g/mol. The van der Waals surface area contributed by atoms with Gasteiger partial charge in [0.25, 0.3) is 5.91 Å². The monoisotopic (exact) mass is 492 g/mol. The zero-order valence-corrected chi connectivity index (χ0v) is 19.4. The summed E-state index contributed by atoms with van der Waals surface area (Å²) in [7, 11) is -3.06. The molecule has 3 amide bonds. The van der Waals surface area contributed by atoms with Gasteiger partial charge in [-0.25, -0.2) is 13.6 Å². The molecule has 2 N–H and O–H groups in total. The van der Waals surface area contributed by atoms with E-state index in [0.29, 0.717) is 6.42 Å². The van der Waals surface area contributed by atoms with Crippen LogP contribution in [0.4, 0.5) is 19.3 Å². The maximum atomic E-state index is 13.7. The number of amides is 3. The van der Waals surface area contributed by atoms with Crippen LogP contribution in [-0.4, -0.2) is 23.8 Å². The van der Waals surface area contributed by atoms with Crippen molar-refractivity contribution >= 4 is 48.2 Å². The fourth-order valence-electron chi connectivity index (χ4n) is 2.66. The number of rotatable bonds is 7. The van der Waals surface area contributed by atoms with E-state index in [4.69, 9.17) is 27.7 Å². The van der Waals surface area contributed by atoms with Crippen molar-refractivity contribution in [3.05, 3.63) is 57.6 Å². The second-order valence-electron chi connectivity index (χ2n) is 6.66. The summed E-state index contributed by atoms with van der Waals surface area (Å²) in [4.78, 5) is 24.1. The molecule has 0 spiro atoms. The zero-order valence-electron chi connectivity index (χ0n) is 17.0. The second kappa shape index (κ2) is 10.4. The van der Waals surface area contributed by atoms with E-state index in [1.54, 1.807) is 6.92 Å². The number of anilines is 1. The van der Waals surface area contributed by atoms with Crippen LogP contribution < -0.4 is 15.2 Å². The molecule has 0 aliphatic rings. The van der Waals surface area contributed by atoms with Crippen LogP contribution in [0.2, 0.25) is 10.0 Å². The lowest BCUT2D eigenvalue weighted by molar-refractivity contribution is 0.0959. The standard InChI is InChI=1S/C20H21Cl2F2N2O4P/c1-4-11(3)31(29,5-2)30-18-13(21)9-12(10-14(18)22)25-20(28)26-19(27)17-15(23)7-6-8-16(17)24/h6-11H,4-5H2,1-3H3,(H2,25,26,27,28). The number of nitrogens with one attached hydrogen (secondary N) is 2. The molecule has 2 rings (SSSR count). The molecule has 0 aromatic heterocycles. The first kappa shape index (κ1) is 25.1. The third-order valence-corrected chi connectivity index (χ3v) is 8.26. The summed E-state index contributed by atoms with van der Waals surface area (Å²) in [5.41, 5.74) is -1.02. The molecule has 0 bridgehead atoms. The topological polar surface area (TPSA) is 84.5 Å². The van der Waals surface area contributed by atoms with Crippen LogP contribution in [0.5, 0.6) is 5.75 Å². The lowest BCUT2D eigenvalue weighted by atomic mass is 10.2. The van der Waals surface area contributed by atoms with Crippen molar-refractivity contribution in [1.82, 2.24) is 5.32 Å². The molecule has 168 valence electrons. The third-order valence-electron chi connectivity index (χ3n) is 4.62. The van der Waals surface area contributed by atoms with Gasteiger partial charge in [-0.2, -0.15) is 0 Å². The van der Waals surface area contributed by atoms with Crippen LogP contribution in [-0.2, 0) is 4.57 Å². The van der Waals surface area contributed by atoms with Crippen molar-refractivity contribution in [1.29, 1.82) is 0 Å². The molecule has 0 heterocycles. The van der Waals surface area contributed by atoms with Crippen molar-refractivity contribution in [3.8, 4) is 5.75 Å². The molecule has 6 nitrogen and oxygen atoms in total. The molecule has 2 atom stereocenters. The average molecular weight is 493 g/mol. The summed E-state index contributed by atoms with van der Waals surface area (Å²) in [6, 6.07) is 4.38. The highest BCUT2D eigenvalue weighted by Crippen LogP contribution is 2.55. The Balaban J connectivity index is 2.17. The second-order valence-corrected chi connectivity index (χ2v) is 10.6. The molecule has 0 aliphatic carbocycles. The highest BCUT2D eigenvalue weighted by Gasteiger charge is 2.31. The van der Waals surface area contributed by atoms with Gasteiger partial charge in [-0.1, -0.05) is 50.0 Å². The van der Waals surface area contributed by atoms with E-state index < -0.39 is 36.5 Å². The largest absolute Gasteiger partial charge is 0.439 e. The van der Waals surface area contributed by atoms with Crippen LogP contribution in [0.25, 0.3) is 0 Å². The fraction of sp³-hybridized carbons (Fsp3) is 0.300. The van der Waals surface area contributed by atoms with Gasteiger partial charge in [-0.05, 0) is 30.7 Å². The number of urea groups is 1. The first-order valence-electron chi connectivity index (χ1n) is 9.36. The molecule has 0 fully saturated rings. The van der Waals surface area contributed by atoms with E-state index in [-0.39, 0.29) is 33.3 Å². The van der Waals surface area contributed by atoms with E-state index >= 15 is 0 Å². The first-order chi connectivity index (χ1) is 14.5. The minimum absolute atomic E-state index is 0.00810. The van der Waals surface area contributed by atoms with Gasteiger partial charge in [0.2, 0.25) is 7.37 Å². The van der Waals surface area contributed by atoms with E-state index in [2.05, 4.69) is 5.32 Å². The quantitative estimate of drug-likeness (QED) is 0.420. The number of hydrogen-bond donors (Lipinski definition) is 2. The summed E-state index contributed by atoms with van der Waals surface area (Å²) in [6.45, 7) is 5.44. The summed E-state index contributed by atoms with van der Waals surface area (Å²) < 4.78 is 46.1. The molecule has 0 aliphatic heterocycles. The van der Waals surface area contributed by atoms with Gasteiger partial charge < -0.3 is 9.84 Å². The lowest BCUT2D eigenvalue weighted by Crippen LogP contribution is -2.35. The first-order valence-corrected chi connectivity index (χ1v) is 12.0. The Morgan fingerprint density at radius 2 is 1.68 bits per heavy atom. The number of halogens is 4. The normalized spacial score (nSPS) is 13.8. The van der Waals surface area contributed by atoms with Gasteiger partial charge in [0.1, 0.15) is 17.2 Å². The average Bonchev–Trinajstić information content (AvgIpc) is 2.69. The maximum absolute atomic E-state index is 13.7. The van der Waals surface area contributed by atoms with Gasteiger partial charge >= 0.3 is 6.03 Å². The lowest BCUT2D eigenvalue weighted by Gasteiger charge is -2.24. The van der Waals surface area contributed by atoms with Crippen LogP contribution in [0.15, 0.2) is 30.3 Å². The Labute approximate surface area is 188 Å². The molecule has 2 unspecified atom stereocenters. The van der Waals surface area contributed by atoms with Crippen molar-refractivity contribution in [3.63, 3.8) is 0 Å². The minimum atomic E-state index is -3.06. The van der Waals surface area contributed by atoms with Gasteiger partial charge in [-0.15, -0.1) is 0 Å². The van der Waals surface area contributed by atoms with E-state index in [9.17, 15) is 22.9 Å². The highest BCUT2D eigenvalue weighted by atomic mass is 35.5. The molecule has 11 heteroatoms. The number of carbonyl (C=O) groups is 2. The Bertz CT molecular complexity index is 1010. The van der Waals surface area contributed by atoms with Crippen LogP contribution >= 0.6 is 30.6 Å². The Kier molecular flexibility index (Phi) is 8.46. The number of imide groups is 1. The Hall–Kier alpha value is -2.15. The van der Waals surface area contributed by atoms with Gasteiger partial charge in [0, 0.05) is 17.5 Å². The predicted octanol–water partition coefficient (Wildman–Crippen LogP) is 6.71. The van der Waals surface area contributed by atoms with Gasteiger partial charge in [0.05, 0.1) is 10.0 Å². The summed E-state index contributed by atoms with van der Waals surface area (Å²) >= 11 is 12.4. The Morgan fingerprint density at radius 1 is 1.13 bits per heavy atom. The van der Waals surface area contributed by atoms with Crippen molar-refractivity contribution in [2.24, 2.45) is 0 Å². The van der Waals surface area contributed by atoms with E-state index in [1.807, 2.05) is 19.2 Å². The smallest absolute Gasteiger partial charge is 0.326 e. The third kappa shape index (κ3) is 5.97. The molecule has 2 aromatic carbocycles. The minimum Gasteiger partial charge on any atom is -0.439 e. The predicted molar refractivity (Wildman–Crippen MR) is 118 cm³/mol. The van der Waals surface area contributed by atoms with Gasteiger partial charge in [-0.3, -0.25) is 14.7 Å². The van der Waals surface area contributed by atoms with Crippen molar-refractivity contribution in [2.45, 2.75) is 32.9 Å². The van der Waals surface area contributed by atoms with E-state index in [1.165, 1.54) is 12.1 Å². The van der Waals surface area contributed by atoms with Crippen LogP contribution in [0.3, 0.4) is 0 Å².